The molecule has 3 aliphatic rings. The molecule has 1 saturated carbocycles. The van der Waals surface area contributed by atoms with Crippen LogP contribution < -0.4 is 10.2 Å². The number of nitrogens with one attached hydrogen (secondary N) is 1. The summed E-state index contributed by atoms with van der Waals surface area (Å²) in [5.74, 6) is 0.537. The highest BCUT2D eigenvalue weighted by Gasteiger charge is 2.35. The Labute approximate surface area is 234 Å². The predicted molar refractivity (Wildman–Crippen MR) is 155 cm³/mol. The molecule has 6 nitrogen and oxygen atoms in total. The van der Waals surface area contributed by atoms with Gasteiger partial charge >= 0.3 is 0 Å². The average molecular weight is 536 g/mol. The van der Waals surface area contributed by atoms with Crippen molar-refractivity contribution in [1.82, 2.24) is 20.1 Å². The zero-order valence-corrected chi connectivity index (χ0v) is 23.4. The maximum Gasteiger partial charge on any atom is 0.220 e. The van der Waals surface area contributed by atoms with E-state index in [2.05, 4.69) is 31.1 Å². The molecule has 3 fully saturated rings. The van der Waals surface area contributed by atoms with Gasteiger partial charge in [0.15, 0.2) is 0 Å². The van der Waals surface area contributed by atoms with E-state index < -0.39 is 0 Å². The minimum Gasteiger partial charge on any atom is -0.367 e. The molecule has 1 aliphatic carbocycles. The molecule has 1 aromatic heterocycles. The van der Waals surface area contributed by atoms with E-state index in [0.29, 0.717) is 30.1 Å². The highest BCUT2D eigenvalue weighted by Crippen LogP contribution is 2.29. The third-order valence-corrected chi connectivity index (χ3v) is 9.10. The van der Waals surface area contributed by atoms with Crippen molar-refractivity contribution in [3.8, 4) is 0 Å². The van der Waals surface area contributed by atoms with Crippen LogP contribution >= 0.6 is 0 Å². The van der Waals surface area contributed by atoms with Gasteiger partial charge in [0.25, 0.3) is 0 Å². The topological polar surface area (TPSA) is 51.7 Å². The van der Waals surface area contributed by atoms with Crippen LogP contribution in [0.4, 0.5) is 10.1 Å². The van der Waals surface area contributed by atoms with Crippen LogP contribution in [-0.4, -0.2) is 72.0 Å². The SMILES string of the molecule is O=C(CC[C@H]1CN(Cc2cccnc2)CC[C@H]1N1CCN(c2ccccc2F)CC1)NC1CCCCCCC1. The number of pyridine rings is 1. The summed E-state index contributed by atoms with van der Waals surface area (Å²) >= 11 is 0. The number of piperazine rings is 1. The summed E-state index contributed by atoms with van der Waals surface area (Å²) in [6.07, 6.45) is 15.1. The fourth-order valence-corrected chi connectivity index (χ4v) is 6.97. The lowest BCUT2D eigenvalue weighted by atomic mass is 9.86. The van der Waals surface area contributed by atoms with Gasteiger partial charge in [-0.25, -0.2) is 4.39 Å². The minimum atomic E-state index is -0.136. The van der Waals surface area contributed by atoms with Crippen molar-refractivity contribution in [3.63, 3.8) is 0 Å². The smallest absolute Gasteiger partial charge is 0.220 e. The molecule has 2 aromatic rings. The van der Waals surface area contributed by atoms with E-state index >= 15 is 0 Å². The Morgan fingerprint density at radius 3 is 2.44 bits per heavy atom. The van der Waals surface area contributed by atoms with Crippen LogP contribution in [0, 0.1) is 11.7 Å². The van der Waals surface area contributed by atoms with E-state index in [1.165, 1.54) is 37.7 Å². The number of likely N-dealkylation sites (tertiary alicyclic amines) is 1. The van der Waals surface area contributed by atoms with Crippen molar-refractivity contribution in [2.24, 2.45) is 5.92 Å². The largest absolute Gasteiger partial charge is 0.367 e. The van der Waals surface area contributed by atoms with Gasteiger partial charge in [0.2, 0.25) is 5.91 Å². The number of hydrogen-bond acceptors (Lipinski definition) is 5. The van der Waals surface area contributed by atoms with E-state index in [1.807, 2.05) is 30.6 Å². The molecule has 0 unspecified atom stereocenters. The molecule has 2 saturated heterocycles. The molecular formula is C32H46FN5O. The first kappa shape index (κ1) is 28.0. The van der Waals surface area contributed by atoms with Gasteiger partial charge in [-0.15, -0.1) is 0 Å². The molecule has 212 valence electrons. The van der Waals surface area contributed by atoms with Gasteiger partial charge in [0, 0.05) is 70.2 Å². The summed E-state index contributed by atoms with van der Waals surface area (Å²) in [6, 6.07) is 12.1. The van der Waals surface area contributed by atoms with E-state index in [1.54, 1.807) is 12.1 Å². The highest BCUT2D eigenvalue weighted by atomic mass is 19.1. The summed E-state index contributed by atoms with van der Waals surface area (Å²) in [4.78, 5) is 24.7. The Morgan fingerprint density at radius 2 is 1.69 bits per heavy atom. The third kappa shape index (κ3) is 8.01. The molecular weight excluding hydrogens is 489 g/mol. The molecule has 7 heteroatoms. The molecule has 5 rings (SSSR count). The molecule has 39 heavy (non-hydrogen) atoms. The standard InChI is InChI=1S/C32H46FN5O/c33-29-12-6-7-13-31(29)38-21-19-37(20-22-38)30-16-18-36(24-26-9-8-17-34-23-26)25-27(30)14-15-32(39)35-28-10-4-2-1-3-5-11-28/h6-9,12-13,17,23,27-28,30H,1-5,10-11,14-16,18-22,24-25H2,(H,35,39)/t27-,30+/m0/s1. The number of benzene rings is 1. The first-order valence-corrected chi connectivity index (χ1v) is 15.3. The van der Waals surface area contributed by atoms with Crippen LogP contribution in [0.15, 0.2) is 48.8 Å². The van der Waals surface area contributed by atoms with E-state index in [4.69, 9.17) is 0 Å². The van der Waals surface area contributed by atoms with Gasteiger partial charge < -0.3 is 10.2 Å². The number of carbonyl (C=O) groups is 1. The Hall–Kier alpha value is -2.51. The second-order valence-corrected chi connectivity index (χ2v) is 11.8. The lowest BCUT2D eigenvalue weighted by Gasteiger charge is -2.47. The first-order valence-electron chi connectivity index (χ1n) is 15.3. The van der Waals surface area contributed by atoms with Crippen molar-refractivity contribution in [2.75, 3.05) is 44.2 Å². The van der Waals surface area contributed by atoms with Crippen LogP contribution in [0.3, 0.4) is 0 Å². The second kappa shape index (κ2) is 14.2. The lowest BCUT2D eigenvalue weighted by molar-refractivity contribution is -0.122. The number of carbonyl (C=O) groups excluding carboxylic acids is 1. The van der Waals surface area contributed by atoms with Crippen LogP contribution in [0.25, 0.3) is 0 Å². The van der Waals surface area contributed by atoms with Gasteiger partial charge in [-0.2, -0.15) is 0 Å². The van der Waals surface area contributed by atoms with Crippen molar-refractivity contribution in [2.45, 2.75) is 82.8 Å². The lowest BCUT2D eigenvalue weighted by Crippen LogP contribution is -2.57. The molecule has 0 radical (unpaired) electrons. The zero-order valence-electron chi connectivity index (χ0n) is 23.4. The number of para-hydroxylation sites is 1. The van der Waals surface area contributed by atoms with Gasteiger partial charge in [0.1, 0.15) is 5.82 Å². The van der Waals surface area contributed by atoms with E-state index in [-0.39, 0.29) is 11.7 Å². The molecule has 3 heterocycles. The van der Waals surface area contributed by atoms with Gasteiger partial charge in [0.05, 0.1) is 5.69 Å². The number of hydrogen-bond donors (Lipinski definition) is 1. The summed E-state index contributed by atoms with van der Waals surface area (Å²) in [5.41, 5.74) is 1.96. The van der Waals surface area contributed by atoms with Gasteiger partial charge in [-0.1, -0.05) is 50.3 Å². The molecule has 1 N–H and O–H groups in total. The van der Waals surface area contributed by atoms with Gasteiger partial charge in [-0.3, -0.25) is 19.6 Å². The Morgan fingerprint density at radius 1 is 0.923 bits per heavy atom. The summed E-state index contributed by atoms with van der Waals surface area (Å²) in [5, 5.41) is 3.38. The molecule has 0 spiro atoms. The first-order chi connectivity index (χ1) is 19.2. The fraction of sp³-hybridized carbons (Fsp3) is 0.625. The maximum atomic E-state index is 14.4. The predicted octanol–water partition coefficient (Wildman–Crippen LogP) is 5.24. The average Bonchev–Trinajstić information content (AvgIpc) is 2.94. The molecule has 1 amide bonds. The normalized spacial score (nSPS) is 24.2. The number of aromatic nitrogens is 1. The fourth-order valence-electron chi connectivity index (χ4n) is 6.97. The quantitative estimate of drug-likeness (QED) is 0.501. The number of rotatable bonds is 8. The third-order valence-electron chi connectivity index (χ3n) is 9.10. The maximum absolute atomic E-state index is 14.4. The van der Waals surface area contributed by atoms with Crippen molar-refractivity contribution in [3.05, 3.63) is 60.2 Å². The Balaban J connectivity index is 1.19. The van der Waals surface area contributed by atoms with Crippen molar-refractivity contribution in [1.29, 1.82) is 0 Å². The minimum absolute atomic E-state index is 0.136. The highest BCUT2D eigenvalue weighted by molar-refractivity contribution is 5.76. The molecule has 2 atom stereocenters. The molecule has 2 aliphatic heterocycles. The second-order valence-electron chi connectivity index (χ2n) is 11.8. The number of nitrogens with zero attached hydrogens (tertiary/aromatic N) is 4. The van der Waals surface area contributed by atoms with Crippen LogP contribution in [-0.2, 0) is 11.3 Å². The van der Waals surface area contributed by atoms with Crippen LogP contribution in [0.1, 0.15) is 69.8 Å². The number of anilines is 1. The number of amides is 1. The Kier molecular flexibility index (Phi) is 10.2. The van der Waals surface area contributed by atoms with Crippen molar-refractivity contribution < 1.29 is 9.18 Å². The molecule has 0 bridgehead atoms. The summed E-state index contributed by atoms with van der Waals surface area (Å²) < 4.78 is 14.4. The van der Waals surface area contributed by atoms with E-state index in [9.17, 15) is 9.18 Å². The zero-order chi connectivity index (χ0) is 26.9. The van der Waals surface area contributed by atoms with Crippen molar-refractivity contribution >= 4 is 11.6 Å². The van der Waals surface area contributed by atoms with Gasteiger partial charge in [-0.05, 0) is 61.9 Å². The monoisotopic (exact) mass is 535 g/mol. The van der Waals surface area contributed by atoms with Crippen LogP contribution in [0.5, 0.6) is 0 Å². The summed E-state index contributed by atoms with van der Waals surface area (Å²) in [6.45, 7) is 6.52. The van der Waals surface area contributed by atoms with E-state index in [0.717, 1.165) is 71.5 Å². The van der Waals surface area contributed by atoms with Crippen LogP contribution in [0.2, 0.25) is 0 Å². The Bertz CT molecular complexity index is 1020. The number of halogens is 1. The molecule has 1 aromatic carbocycles. The summed E-state index contributed by atoms with van der Waals surface area (Å²) in [7, 11) is 0. The number of piperidine rings is 1.